The minimum Gasteiger partial charge on any atom is -0.361 e. The Morgan fingerprint density at radius 2 is 2.11 bits per heavy atom. The Bertz CT molecular complexity index is 540. The van der Waals surface area contributed by atoms with Crippen molar-refractivity contribution in [1.29, 1.82) is 0 Å². The van der Waals surface area contributed by atoms with Gasteiger partial charge in [0.25, 0.3) is 0 Å². The second-order valence-corrected chi connectivity index (χ2v) is 4.56. The Labute approximate surface area is 110 Å². The molecular formula is C11H14ClN5O. The lowest BCUT2D eigenvalue weighted by atomic mass is 10.2. The monoisotopic (exact) mass is 267 g/mol. The minimum atomic E-state index is 0.217. The fourth-order valence-corrected chi connectivity index (χ4v) is 1.55. The van der Waals surface area contributed by atoms with Crippen LogP contribution in [0.25, 0.3) is 0 Å². The van der Waals surface area contributed by atoms with Crippen LogP contribution in [0.15, 0.2) is 10.6 Å². The van der Waals surface area contributed by atoms with E-state index in [4.69, 9.17) is 16.1 Å². The number of aromatic nitrogens is 4. The van der Waals surface area contributed by atoms with E-state index in [9.17, 15) is 0 Å². The maximum atomic E-state index is 5.94. The van der Waals surface area contributed by atoms with Gasteiger partial charge in [-0.3, -0.25) is 0 Å². The van der Waals surface area contributed by atoms with E-state index in [2.05, 4.69) is 25.4 Å². The number of nitrogens with zero attached hydrogens (tertiary/aromatic N) is 4. The molecule has 2 rings (SSSR count). The van der Waals surface area contributed by atoms with E-state index >= 15 is 0 Å². The number of halogens is 1. The summed E-state index contributed by atoms with van der Waals surface area (Å²) < 4.78 is 4.99. The van der Waals surface area contributed by atoms with Gasteiger partial charge in [0.05, 0.1) is 6.54 Å². The third-order valence-electron chi connectivity index (χ3n) is 2.22. The molecule has 0 atom stereocenters. The number of hydrogen-bond donors (Lipinski definition) is 1. The summed E-state index contributed by atoms with van der Waals surface area (Å²) in [6.07, 6.45) is 0. The van der Waals surface area contributed by atoms with Crippen LogP contribution in [0.5, 0.6) is 0 Å². The van der Waals surface area contributed by atoms with Crippen LogP contribution < -0.4 is 5.32 Å². The Kier molecular flexibility index (Phi) is 3.76. The molecule has 0 aromatic carbocycles. The highest BCUT2D eigenvalue weighted by Gasteiger charge is 2.08. The van der Waals surface area contributed by atoms with Gasteiger partial charge in [-0.1, -0.05) is 30.6 Å². The number of nitrogens with one attached hydrogen (secondary N) is 1. The molecule has 2 aromatic rings. The summed E-state index contributed by atoms with van der Waals surface area (Å²) >= 11 is 5.94. The predicted molar refractivity (Wildman–Crippen MR) is 67.5 cm³/mol. The fraction of sp³-hybridized carbons (Fsp3) is 0.455. The molecule has 2 aromatic heterocycles. The van der Waals surface area contributed by atoms with Crippen molar-refractivity contribution in [1.82, 2.24) is 20.1 Å². The van der Waals surface area contributed by atoms with E-state index in [1.54, 1.807) is 13.0 Å². The zero-order valence-electron chi connectivity index (χ0n) is 10.4. The quantitative estimate of drug-likeness (QED) is 0.858. The van der Waals surface area contributed by atoms with Crippen molar-refractivity contribution in [3.63, 3.8) is 0 Å². The Morgan fingerprint density at radius 3 is 2.72 bits per heavy atom. The molecule has 0 spiro atoms. The van der Waals surface area contributed by atoms with E-state index in [1.165, 1.54) is 0 Å². The molecule has 0 aliphatic carbocycles. The van der Waals surface area contributed by atoms with Crippen LogP contribution in [0.2, 0.25) is 5.15 Å². The van der Waals surface area contributed by atoms with Crippen molar-refractivity contribution in [2.45, 2.75) is 33.2 Å². The molecule has 96 valence electrons. The Hall–Kier alpha value is -1.69. The summed E-state index contributed by atoms with van der Waals surface area (Å²) in [6.45, 7) is 6.20. The van der Waals surface area contributed by atoms with Gasteiger partial charge in [0, 0.05) is 12.0 Å². The summed E-state index contributed by atoms with van der Waals surface area (Å²) in [4.78, 5) is 12.6. The summed E-state index contributed by atoms with van der Waals surface area (Å²) in [5.41, 5.74) is 0. The smallest absolute Gasteiger partial charge is 0.245 e. The maximum absolute atomic E-state index is 5.94. The molecule has 2 heterocycles. The van der Waals surface area contributed by atoms with Crippen molar-refractivity contribution in [3.8, 4) is 0 Å². The highest BCUT2D eigenvalue weighted by Crippen LogP contribution is 2.17. The van der Waals surface area contributed by atoms with Gasteiger partial charge in [0.1, 0.15) is 16.8 Å². The van der Waals surface area contributed by atoms with Crippen LogP contribution in [0.4, 0.5) is 5.82 Å². The molecule has 0 saturated carbocycles. The van der Waals surface area contributed by atoms with Gasteiger partial charge in [0.2, 0.25) is 5.89 Å². The predicted octanol–water partition coefficient (Wildman–Crippen LogP) is 2.56. The summed E-state index contributed by atoms with van der Waals surface area (Å²) in [5, 5.41) is 7.20. The Balaban J connectivity index is 2.09. The van der Waals surface area contributed by atoms with Gasteiger partial charge in [-0.05, 0) is 6.92 Å². The van der Waals surface area contributed by atoms with E-state index in [1.807, 2.05) is 13.8 Å². The third kappa shape index (κ3) is 3.16. The number of rotatable bonds is 4. The molecule has 0 bridgehead atoms. The fourth-order valence-electron chi connectivity index (χ4n) is 1.36. The van der Waals surface area contributed by atoms with E-state index in [0.717, 1.165) is 0 Å². The van der Waals surface area contributed by atoms with Crippen LogP contribution in [-0.2, 0) is 6.54 Å². The lowest BCUT2D eigenvalue weighted by Gasteiger charge is -2.08. The maximum Gasteiger partial charge on any atom is 0.245 e. The van der Waals surface area contributed by atoms with Crippen LogP contribution in [-0.4, -0.2) is 20.1 Å². The van der Waals surface area contributed by atoms with Crippen molar-refractivity contribution in [2.24, 2.45) is 0 Å². The molecule has 0 fully saturated rings. The van der Waals surface area contributed by atoms with Crippen LogP contribution in [0, 0.1) is 6.92 Å². The van der Waals surface area contributed by atoms with Crippen molar-refractivity contribution < 1.29 is 4.52 Å². The molecule has 18 heavy (non-hydrogen) atoms. The van der Waals surface area contributed by atoms with Crippen LogP contribution >= 0.6 is 11.6 Å². The number of anilines is 1. The lowest BCUT2D eigenvalue weighted by molar-refractivity contribution is 0.379. The SMILES string of the molecule is Cc1noc(CNc2cc(Cl)nc(C(C)C)n2)n1. The highest BCUT2D eigenvalue weighted by molar-refractivity contribution is 6.29. The van der Waals surface area contributed by atoms with Gasteiger partial charge in [-0.2, -0.15) is 4.98 Å². The molecule has 0 aliphatic heterocycles. The zero-order chi connectivity index (χ0) is 13.1. The topological polar surface area (TPSA) is 76.7 Å². The van der Waals surface area contributed by atoms with Gasteiger partial charge >= 0.3 is 0 Å². The van der Waals surface area contributed by atoms with Gasteiger partial charge in [-0.15, -0.1) is 0 Å². The lowest BCUT2D eigenvalue weighted by Crippen LogP contribution is -2.05. The molecule has 1 N–H and O–H groups in total. The first-order valence-corrected chi connectivity index (χ1v) is 6.00. The number of aryl methyl sites for hydroxylation is 1. The second kappa shape index (κ2) is 5.30. The standard InChI is InChI=1S/C11H14ClN5O/c1-6(2)11-15-8(12)4-9(16-11)13-5-10-14-7(3)17-18-10/h4,6H,5H2,1-3H3,(H,13,15,16). The average Bonchev–Trinajstić information content (AvgIpc) is 2.72. The highest BCUT2D eigenvalue weighted by atomic mass is 35.5. The summed E-state index contributed by atoms with van der Waals surface area (Å²) in [6, 6.07) is 1.66. The van der Waals surface area contributed by atoms with Crippen molar-refractivity contribution >= 4 is 17.4 Å². The van der Waals surface area contributed by atoms with E-state index in [0.29, 0.717) is 35.1 Å². The first-order valence-electron chi connectivity index (χ1n) is 5.62. The first-order chi connectivity index (χ1) is 8.54. The molecule has 0 unspecified atom stereocenters. The molecule has 0 saturated heterocycles. The molecular weight excluding hydrogens is 254 g/mol. The second-order valence-electron chi connectivity index (χ2n) is 4.18. The molecule has 0 amide bonds. The van der Waals surface area contributed by atoms with Crippen molar-refractivity contribution in [2.75, 3.05) is 5.32 Å². The average molecular weight is 268 g/mol. The zero-order valence-corrected chi connectivity index (χ0v) is 11.2. The first kappa shape index (κ1) is 12.8. The van der Waals surface area contributed by atoms with Crippen LogP contribution in [0.3, 0.4) is 0 Å². The van der Waals surface area contributed by atoms with Gasteiger partial charge in [-0.25, -0.2) is 9.97 Å². The van der Waals surface area contributed by atoms with E-state index < -0.39 is 0 Å². The molecule has 7 heteroatoms. The van der Waals surface area contributed by atoms with Gasteiger partial charge in [0.15, 0.2) is 5.82 Å². The summed E-state index contributed by atoms with van der Waals surface area (Å²) in [5.74, 6) is 2.68. The van der Waals surface area contributed by atoms with Gasteiger partial charge < -0.3 is 9.84 Å². The Morgan fingerprint density at radius 1 is 1.33 bits per heavy atom. The van der Waals surface area contributed by atoms with Crippen molar-refractivity contribution in [3.05, 3.63) is 28.8 Å². The molecule has 0 radical (unpaired) electrons. The molecule has 0 aliphatic rings. The summed E-state index contributed by atoms with van der Waals surface area (Å²) in [7, 11) is 0. The van der Waals surface area contributed by atoms with E-state index in [-0.39, 0.29) is 5.92 Å². The largest absolute Gasteiger partial charge is 0.361 e. The normalized spacial score (nSPS) is 10.9. The molecule has 6 nitrogen and oxygen atoms in total. The third-order valence-corrected chi connectivity index (χ3v) is 2.41. The number of hydrogen-bond acceptors (Lipinski definition) is 6. The van der Waals surface area contributed by atoms with Crippen LogP contribution in [0.1, 0.15) is 37.3 Å². The minimum absolute atomic E-state index is 0.217.